The maximum Gasteiger partial charge on any atom is 0.237 e. The second kappa shape index (κ2) is 5.23. The van der Waals surface area contributed by atoms with E-state index in [1.807, 2.05) is 24.3 Å². The highest BCUT2D eigenvalue weighted by molar-refractivity contribution is 7.94. The van der Waals surface area contributed by atoms with Crippen LogP contribution >= 0.6 is 0 Å². The third-order valence-corrected chi connectivity index (χ3v) is 7.34. The Morgan fingerprint density at radius 3 is 2.62 bits per heavy atom. The summed E-state index contributed by atoms with van der Waals surface area (Å²) in [7, 11) is -6.71. The number of fused-ring (bicyclic) bond motifs is 1. The van der Waals surface area contributed by atoms with Crippen molar-refractivity contribution in [3.63, 3.8) is 0 Å². The lowest BCUT2D eigenvalue weighted by Gasteiger charge is -2.18. The Kier molecular flexibility index (Phi) is 3.67. The van der Waals surface area contributed by atoms with E-state index in [9.17, 15) is 16.8 Å². The molecule has 0 saturated carbocycles. The summed E-state index contributed by atoms with van der Waals surface area (Å²) in [6.07, 6.45) is 3.17. The van der Waals surface area contributed by atoms with Gasteiger partial charge in [0.2, 0.25) is 10.0 Å². The van der Waals surface area contributed by atoms with Gasteiger partial charge in [-0.25, -0.2) is 21.6 Å². The summed E-state index contributed by atoms with van der Waals surface area (Å²) in [5.41, 5.74) is 2.06. The van der Waals surface area contributed by atoms with Crippen LogP contribution < -0.4 is 4.72 Å². The van der Waals surface area contributed by atoms with Crippen LogP contribution in [0.25, 0.3) is 6.08 Å². The van der Waals surface area contributed by atoms with Crippen molar-refractivity contribution >= 4 is 25.9 Å². The lowest BCUT2D eigenvalue weighted by atomic mass is 9.98. The third kappa shape index (κ3) is 3.20. The fourth-order valence-electron chi connectivity index (χ4n) is 2.80. The monoisotopic (exact) mass is 327 g/mol. The average Bonchev–Trinajstić information content (AvgIpc) is 2.76. The van der Waals surface area contributed by atoms with E-state index < -0.39 is 25.9 Å². The molecule has 1 aliphatic heterocycles. The molecule has 2 aliphatic rings. The Bertz CT molecular complexity index is 794. The summed E-state index contributed by atoms with van der Waals surface area (Å²) in [5, 5.41) is 0. The smallest absolute Gasteiger partial charge is 0.229 e. The molecule has 1 aliphatic carbocycles. The van der Waals surface area contributed by atoms with E-state index in [-0.39, 0.29) is 11.5 Å². The topological polar surface area (TPSA) is 80.3 Å². The number of sulfonamides is 1. The largest absolute Gasteiger partial charge is 0.237 e. The molecule has 0 amide bonds. The molecule has 1 unspecified atom stereocenters. The van der Waals surface area contributed by atoms with Crippen LogP contribution in [0.15, 0.2) is 29.2 Å². The first kappa shape index (κ1) is 14.7. The van der Waals surface area contributed by atoms with E-state index >= 15 is 0 Å². The van der Waals surface area contributed by atoms with Gasteiger partial charge < -0.3 is 0 Å². The number of hydrogen-bond donors (Lipinski definition) is 1. The molecule has 21 heavy (non-hydrogen) atoms. The molecule has 0 bridgehead atoms. The van der Waals surface area contributed by atoms with Gasteiger partial charge in [-0.3, -0.25) is 0 Å². The molecule has 1 atom stereocenters. The maximum atomic E-state index is 12.4. The van der Waals surface area contributed by atoms with Gasteiger partial charge in [0.25, 0.3) is 0 Å². The first-order chi connectivity index (χ1) is 9.86. The summed E-state index contributed by atoms with van der Waals surface area (Å²) in [5.74, 6) is -0.0435. The van der Waals surface area contributed by atoms with Gasteiger partial charge in [0.1, 0.15) is 0 Å². The Hall–Kier alpha value is -1.18. The Balaban J connectivity index is 1.82. The SMILES string of the molecule is O=S1(=O)CCC(NS(=O)(=O)C2=Cc3ccccc3CC2)C1. The van der Waals surface area contributed by atoms with E-state index in [0.717, 1.165) is 11.1 Å². The highest BCUT2D eigenvalue weighted by Gasteiger charge is 2.32. The summed E-state index contributed by atoms with van der Waals surface area (Å²) in [6, 6.07) is 7.20. The van der Waals surface area contributed by atoms with E-state index in [4.69, 9.17) is 0 Å². The molecular weight excluding hydrogens is 310 g/mol. The summed E-state index contributed by atoms with van der Waals surface area (Å²) in [4.78, 5) is 0.338. The van der Waals surface area contributed by atoms with E-state index in [1.54, 1.807) is 6.08 Å². The Morgan fingerprint density at radius 1 is 1.14 bits per heavy atom. The minimum absolute atomic E-state index is 0.0576. The van der Waals surface area contributed by atoms with Crippen molar-refractivity contribution in [1.82, 2.24) is 4.72 Å². The second-order valence-corrected chi connectivity index (χ2v) is 9.53. The molecular formula is C14H17NO4S2. The van der Waals surface area contributed by atoms with Gasteiger partial charge in [-0.1, -0.05) is 24.3 Å². The van der Waals surface area contributed by atoms with Crippen LogP contribution in [0.4, 0.5) is 0 Å². The van der Waals surface area contributed by atoms with Gasteiger partial charge >= 0.3 is 0 Å². The van der Waals surface area contributed by atoms with Crippen molar-refractivity contribution < 1.29 is 16.8 Å². The van der Waals surface area contributed by atoms with Crippen LogP contribution in [0, 0.1) is 0 Å². The normalized spacial score (nSPS) is 24.4. The molecule has 1 aromatic rings. The first-order valence-corrected chi connectivity index (χ1v) is 10.2. The number of aryl methyl sites for hydroxylation is 1. The summed E-state index contributed by atoms with van der Waals surface area (Å²) >= 11 is 0. The number of allylic oxidation sites excluding steroid dienone is 1. The lowest BCUT2D eigenvalue weighted by molar-refractivity contribution is 0.566. The van der Waals surface area contributed by atoms with Gasteiger partial charge in [0.05, 0.1) is 16.4 Å². The average molecular weight is 327 g/mol. The predicted molar refractivity (Wildman–Crippen MR) is 81.9 cm³/mol. The van der Waals surface area contributed by atoms with E-state index in [1.165, 1.54) is 0 Å². The van der Waals surface area contributed by atoms with Crippen molar-refractivity contribution in [3.05, 3.63) is 40.3 Å². The van der Waals surface area contributed by atoms with Crippen molar-refractivity contribution in [2.24, 2.45) is 0 Å². The fourth-order valence-corrected chi connectivity index (χ4v) is 6.02. The standard InChI is InChI=1S/C14H17NO4S2/c16-20(17)8-7-13(10-20)15-21(18,19)14-6-5-11-3-1-2-4-12(11)9-14/h1-4,9,13,15H,5-8,10H2. The van der Waals surface area contributed by atoms with Crippen molar-refractivity contribution in [2.75, 3.05) is 11.5 Å². The molecule has 3 rings (SSSR count). The Labute approximate surface area is 125 Å². The molecule has 1 heterocycles. The van der Waals surface area contributed by atoms with Crippen LogP contribution in [0.5, 0.6) is 0 Å². The molecule has 0 aromatic heterocycles. The third-order valence-electron chi connectivity index (χ3n) is 3.91. The highest BCUT2D eigenvalue weighted by Crippen LogP contribution is 2.27. The zero-order chi connectivity index (χ0) is 15.1. The molecule has 1 saturated heterocycles. The van der Waals surface area contributed by atoms with Crippen molar-refractivity contribution in [1.29, 1.82) is 0 Å². The molecule has 5 nitrogen and oxygen atoms in total. The second-order valence-electron chi connectivity index (χ2n) is 5.53. The van der Waals surface area contributed by atoms with E-state index in [2.05, 4.69) is 4.72 Å². The minimum Gasteiger partial charge on any atom is -0.229 e. The lowest BCUT2D eigenvalue weighted by Crippen LogP contribution is -2.36. The molecule has 1 aromatic carbocycles. The van der Waals surface area contributed by atoms with Crippen LogP contribution in [-0.4, -0.2) is 34.4 Å². The van der Waals surface area contributed by atoms with E-state index in [0.29, 0.717) is 24.2 Å². The van der Waals surface area contributed by atoms with Crippen LogP contribution in [0.1, 0.15) is 24.0 Å². The maximum absolute atomic E-state index is 12.4. The molecule has 0 radical (unpaired) electrons. The van der Waals surface area contributed by atoms with Crippen LogP contribution in [0.3, 0.4) is 0 Å². The molecule has 114 valence electrons. The highest BCUT2D eigenvalue weighted by atomic mass is 32.2. The summed E-state index contributed by atoms with van der Waals surface area (Å²) in [6.45, 7) is 0. The van der Waals surface area contributed by atoms with Crippen molar-refractivity contribution in [3.8, 4) is 0 Å². The van der Waals surface area contributed by atoms with Gasteiger partial charge in [-0.05, 0) is 36.5 Å². The van der Waals surface area contributed by atoms with Gasteiger partial charge in [-0.15, -0.1) is 0 Å². The summed E-state index contributed by atoms with van der Waals surface area (Å²) < 4.78 is 50.1. The number of hydrogen-bond acceptors (Lipinski definition) is 4. The van der Waals surface area contributed by atoms with Crippen LogP contribution in [-0.2, 0) is 26.3 Å². The first-order valence-electron chi connectivity index (χ1n) is 6.87. The molecule has 1 N–H and O–H groups in total. The number of benzene rings is 1. The molecule has 1 fully saturated rings. The molecule has 0 spiro atoms. The Morgan fingerprint density at radius 2 is 1.90 bits per heavy atom. The fraction of sp³-hybridized carbons (Fsp3) is 0.429. The van der Waals surface area contributed by atoms with Crippen molar-refractivity contribution in [2.45, 2.75) is 25.3 Å². The number of sulfone groups is 1. The van der Waals surface area contributed by atoms with Gasteiger partial charge in [-0.2, -0.15) is 0 Å². The molecule has 7 heteroatoms. The quantitative estimate of drug-likeness (QED) is 0.901. The van der Waals surface area contributed by atoms with Gasteiger partial charge in [0.15, 0.2) is 9.84 Å². The minimum atomic E-state index is -3.61. The number of rotatable bonds is 3. The van der Waals surface area contributed by atoms with Crippen LogP contribution in [0.2, 0.25) is 0 Å². The zero-order valence-electron chi connectivity index (χ0n) is 11.4. The predicted octanol–water partition coefficient (Wildman–Crippen LogP) is 1.08. The number of nitrogens with one attached hydrogen (secondary N) is 1. The van der Waals surface area contributed by atoms with Gasteiger partial charge in [0, 0.05) is 6.04 Å². The zero-order valence-corrected chi connectivity index (χ0v) is 13.1.